The molecule has 0 aliphatic rings. The quantitative estimate of drug-likeness (QED) is 0.545. The van der Waals surface area contributed by atoms with Crippen LogP contribution in [0.25, 0.3) is 11.1 Å². The zero-order valence-electron chi connectivity index (χ0n) is 15.5. The van der Waals surface area contributed by atoms with Gasteiger partial charge in [0.25, 0.3) is 0 Å². The number of hydrogen-bond donors (Lipinski definition) is 0. The lowest BCUT2D eigenvalue weighted by molar-refractivity contribution is 0.108. The average Bonchev–Trinajstić information content (AvgIpc) is 2.51. The summed E-state index contributed by atoms with van der Waals surface area (Å²) in [6.07, 6.45) is 2.14. The highest BCUT2D eigenvalue weighted by Gasteiger charge is 2.19. The van der Waals surface area contributed by atoms with Gasteiger partial charge in [0.15, 0.2) is 5.52 Å². The van der Waals surface area contributed by atoms with Crippen molar-refractivity contribution in [1.29, 1.82) is 0 Å². The highest BCUT2D eigenvalue weighted by molar-refractivity contribution is 7.58. The molecule has 0 amide bonds. The first-order valence-electron chi connectivity index (χ1n) is 8.71. The Morgan fingerprint density at radius 2 is 1.71 bits per heavy atom. The van der Waals surface area contributed by atoms with Gasteiger partial charge in [-0.2, -0.15) is 0 Å². The van der Waals surface area contributed by atoms with Gasteiger partial charge in [-0.25, -0.2) is 0 Å². The van der Waals surface area contributed by atoms with Crippen LogP contribution in [0.4, 0.5) is 0 Å². The van der Waals surface area contributed by atoms with Gasteiger partial charge in [-0.15, -0.1) is 0 Å². The molecule has 2 atom stereocenters. The van der Waals surface area contributed by atoms with Crippen LogP contribution < -0.4 is 0 Å². The number of aryl methyl sites for hydroxylation is 1. The molecule has 0 saturated heterocycles. The molecule has 0 heterocycles. The fourth-order valence-corrected chi connectivity index (χ4v) is 4.49. The van der Waals surface area contributed by atoms with Crippen molar-refractivity contribution >= 4 is 14.1 Å². The molecule has 0 fully saturated rings. The predicted molar refractivity (Wildman–Crippen MR) is 107 cm³/mol. The first-order chi connectivity index (χ1) is 11.3. The van der Waals surface area contributed by atoms with Gasteiger partial charge in [-0.1, -0.05) is 76.2 Å². The smallest absolute Gasteiger partial charge is 0.182 e. The second kappa shape index (κ2) is 8.08. The van der Waals surface area contributed by atoms with Crippen molar-refractivity contribution in [3.05, 3.63) is 59.7 Å². The summed E-state index contributed by atoms with van der Waals surface area (Å²) in [6, 6.07) is 16.4. The summed E-state index contributed by atoms with van der Waals surface area (Å²) in [5.74, 6) is 0.580. The van der Waals surface area contributed by atoms with Crippen LogP contribution in [0.1, 0.15) is 50.0 Å². The van der Waals surface area contributed by atoms with E-state index in [0.717, 1.165) is 34.8 Å². The molecule has 0 aliphatic heterocycles. The standard InChI is InChI=1S/C22H29OP/c1-16(14-22(3,4)5)15-24-21(23)20-17(2)10-9-13-19(20)18-11-7-6-8-12-18/h6-13,16,24H,14-15H2,1-5H3. The van der Waals surface area contributed by atoms with Crippen molar-refractivity contribution in [1.82, 2.24) is 0 Å². The maximum Gasteiger partial charge on any atom is 0.182 e. The Hall–Kier alpha value is -1.46. The summed E-state index contributed by atoms with van der Waals surface area (Å²) in [5.41, 5.74) is 4.80. The van der Waals surface area contributed by atoms with Crippen LogP contribution in [0, 0.1) is 18.3 Å². The SMILES string of the molecule is Cc1cccc(-c2ccccc2)c1C(=O)PCC(C)CC(C)(C)C. The van der Waals surface area contributed by atoms with E-state index < -0.39 is 0 Å². The molecule has 2 rings (SSSR count). The first-order valence-corrected chi connectivity index (χ1v) is 9.92. The van der Waals surface area contributed by atoms with Gasteiger partial charge in [0, 0.05) is 5.56 Å². The monoisotopic (exact) mass is 340 g/mol. The van der Waals surface area contributed by atoms with E-state index in [2.05, 4.69) is 45.9 Å². The molecular weight excluding hydrogens is 311 g/mol. The number of carbonyl (C=O) groups is 1. The minimum Gasteiger partial charge on any atom is -0.289 e. The molecule has 0 aromatic heterocycles. The summed E-state index contributed by atoms with van der Waals surface area (Å²) in [5, 5.41) is 0. The molecule has 0 saturated carbocycles. The summed E-state index contributed by atoms with van der Waals surface area (Å²) < 4.78 is 0. The van der Waals surface area contributed by atoms with Crippen molar-refractivity contribution in [2.45, 2.75) is 41.0 Å². The Bertz CT molecular complexity index is 683. The van der Waals surface area contributed by atoms with Gasteiger partial charge in [0.05, 0.1) is 0 Å². The molecule has 24 heavy (non-hydrogen) atoms. The average molecular weight is 340 g/mol. The molecular formula is C22H29OP. The molecule has 0 bridgehead atoms. The Morgan fingerprint density at radius 1 is 1.04 bits per heavy atom. The van der Waals surface area contributed by atoms with E-state index in [1.807, 2.05) is 37.3 Å². The van der Waals surface area contributed by atoms with E-state index in [9.17, 15) is 4.79 Å². The molecule has 0 spiro atoms. The van der Waals surface area contributed by atoms with E-state index >= 15 is 0 Å². The highest BCUT2D eigenvalue weighted by Crippen LogP contribution is 2.34. The maximum atomic E-state index is 12.9. The number of benzene rings is 2. The minimum atomic E-state index is 0.299. The Labute approximate surface area is 148 Å². The molecule has 0 radical (unpaired) electrons. The molecule has 0 N–H and O–H groups in total. The molecule has 2 aromatic carbocycles. The Morgan fingerprint density at radius 3 is 2.33 bits per heavy atom. The van der Waals surface area contributed by atoms with Crippen LogP contribution in [0.2, 0.25) is 0 Å². The van der Waals surface area contributed by atoms with Crippen molar-refractivity contribution < 1.29 is 4.79 Å². The van der Waals surface area contributed by atoms with E-state index in [1.54, 1.807) is 0 Å². The van der Waals surface area contributed by atoms with E-state index in [4.69, 9.17) is 0 Å². The Kier molecular flexibility index (Phi) is 6.35. The number of carbonyl (C=O) groups excluding carboxylic acids is 1. The van der Waals surface area contributed by atoms with Crippen molar-refractivity contribution in [2.24, 2.45) is 11.3 Å². The van der Waals surface area contributed by atoms with Gasteiger partial charge in [0.2, 0.25) is 0 Å². The summed E-state index contributed by atoms with van der Waals surface area (Å²) in [7, 11) is 0.348. The fraction of sp³-hybridized carbons (Fsp3) is 0.409. The van der Waals surface area contributed by atoms with Crippen molar-refractivity contribution in [3.63, 3.8) is 0 Å². The highest BCUT2D eigenvalue weighted by atomic mass is 31.1. The topological polar surface area (TPSA) is 17.1 Å². The molecule has 0 aliphatic carbocycles. The van der Waals surface area contributed by atoms with Crippen LogP contribution in [0.5, 0.6) is 0 Å². The third kappa shape index (κ3) is 5.28. The third-order valence-electron chi connectivity index (χ3n) is 4.16. The Balaban J connectivity index is 2.18. The molecule has 128 valence electrons. The van der Waals surface area contributed by atoms with Crippen LogP contribution in [0.3, 0.4) is 0 Å². The summed E-state index contributed by atoms with van der Waals surface area (Å²) in [6.45, 7) is 11.1. The van der Waals surface area contributed by atoms with E-state index in [1.165, 1.54) is 0 Å². The van der Waals surface area contributed by atoms with Crippen LogP contribution in [-0.4, -0.2) is 11.7 Å². The van der Waals surface area contributed by atoms with Gasteiger partial charge < -0.3 is 0 Å². The summed E-state index contributed by atoms with van der Waals surface area (Å²) in [4.78, 5) is 12.9. The minimum absolute atomic E-state index is 0.299. The van der Waals surface area contributed by atoms with E-state index in [0.29, 0.717) is 25.4 Å². The van der Waals surface area contributed by atoms with Gasteiger partial charge in [-0.3, -0.25) is 4.79 Å². The van der Waals surface area contributed by atoms with Crippen LogP contribution in [0.15, 0.2) is 48.5 Å². The van der Waals surface area contributed by atoms with Crippen molar-refractivity contribution in [2.75, 3.05) is 6.16 Å². The van der Waals surface area contributed by atoms with Crippen molar-refractivity contribution in [3.8, 4) is 11.1 Å². The van der Waals surface area contributed by atoms with Gasteiger partial charge in [0.1, 0.15) is 0 Å². The van der Waals surface area contributed by atoms with Gasteiger partial charge >= 0.3 is 0 Å². The lowest BCUT2D eigenvalue weighted by atomic mass is 9.86. The number of rotatable bonds is 6. The zero-order valence-corrected chi connectivity index (χ0v) is 16.5. The molecule has 2 unspecified atom stereocenters. The van der Waals surface area contributed by atoms with E-state index in [-0.39, 0.29) is 0 Å². The molecule has 1 nitrogen and oxygen atoms in total. The zero-order chi connectivity index (χ0) is 17.7. The second-order valence-corrected chi connectivity index (χ2v) is 9.16. The summed E-state index contributed by atoms with van der Waals surface area (Å²) >= 11 is 0. The largest absolute Gasteiger partial charge is 0.289 e. The predicted octanol–water partition coefficient (Wildman–Crippen LogP) is 6.55. The fourth-order valence-electron chi connectivity index (χ4n) is 3.30. The normalized spacial score (nSPS) is 13.4. The molecule has 2 heteroatoms. The second-order valence-electron chi connectivity index (χ2n) is 7.94. The number of hydrogen-bond acceptors (Lipinski definition) is 1. The maximum absolute atomic E-state index is 12.9. The van der Waals surface area contributed by atoms with Gasteiger partial charge in [-0.05, 0) is 56.1 Å². The molecule has 2 aromatic rings. The lowest BCUT2D eigenvalue weighted by Crippen LogP contribution is -2.13. The third-order valence-corrected chi connectivity index (χ3v) is 5.63. The first kappa shape index (κ1) is 18.9. The van der Waals surface area contributed by atoms with Crippen LogP contribution >= 0.6 is 8.58 Å². The van der Waals surface area contributed by atoms with Crippen LogP contribution in [-0.2, 0) is 0 Å². The lowest BCUT2D eigenvalue weighted by Gasteiger charge is -2.23.